The van der Waals surface area contributed by atoms with Crippen molar-refractivity contribution in [3.05, 3.63) is 35.4 Å². The van der Waals surface area contributed by atoms with E-state index < -0.39 is 5.54 Å². The van der Waals surface area contributed by atoms with Crippen LogP contribution in [-0.4, -0.2) is 12.1 Å². The molecule has 1 aromatic carbocycles. The van der Waals surface area contributed by atoms with Crippen molar-refractivity contribution < 1.29 is 0 Å². The first-order valence-electron chi connectivity index (χ1n) is 5.46. The van der Waals surface area contributed by atoms with Gasteiger partial charge in [-0.15, -0.1) is 6.42 Å². The highest BCUT2D eigenvalue weighted by atomic mass is 15.0. The van der Waals surface area contributed by atoms with Crippen molar-refractivity contribution in [2.45, 2.75) is 24.8 Å². The summed E-state index contributed by atoms with van der Waals surface area (Å²) in [7, 11) is 0. The molecular formula is C14H14N2. The molecule has 2 nitrogen and oxygen atoms in total. The van der Waals surface area contributed by atoms with Crippen LogP contribution >= 0.6 is 0 Å². The molecule has 0 aliphatic heterocycles. The average Bonchev–Trinajstić information content (AvgIpc) is 2.36. The Kier molecular flexibility index (Phi) is 2.95. The summed E-state index contributed by atoms with van der Waals surface area (Å²) in [5.41, 5.74) is 2.15. The second-order valence-electron chi connectivity index (χ2n) is 4.20. The first kappa shape index (κ1) is 10.7. The van der Waals surface area contributed by atoms with Crippen LogP contribution in [0.25, 0.3) is 0 Å². The van der Waals surface area contributed by atoms with Gasteiger partial charge in [-0.25, -0.2) is 0 Å². The van der Waals surface area contributed by atoms with E-state index in [1.807, 2.05) is 12.1 Å². The van der Waals surface area contributed by atoms with Crippen molar-refractivity contribution in [3.63, 3.8) is 0 Å². The van der Waals surface area contributed by atoms with E-state index in [9.17, 15) is 5.26 Å². The second-order valence-corrected chi connectivity index (χ2v) is 4.20. The van der Waals surface area contributed by atoms with Crippen LogP contribution in [0, 0.1) is 23.7 Å². The van der Waals surface area contributed by atoms with Crippen molar-refractivity contribution in [1.29, 1.82) is 5.26 Å². The molecule has 16 heavy (non-hydrogen) atoms. The Bertz CT molecular complexity index is 464. The molecule has 0 spiro atoms. The van der Waals surface area contributed by atoms with Gasteiger partial charge in [-0.05, 0) is 24.0 Å². The van der Waals surface area contributed by atoms with E-state index in [0.717, 1.165) is 19.3 Å². The van der Waals surface area contributed by atoms with Crippen molar-refractivity contribution in [1.82, 2.24) is 5.32 Å². The normalized spacial score (nSPS) is 22.9. The summed E-state index contributed by atoms with van der Waals surface area (Å²) in [6.45, 7) is 0.454. The summed E-state index contributed by atoms with van der Waals surface area (Å²) >= 11 is 0. The summed E-state index contributed by atoms with van der Waals surface area (Å²) in [4.78, 5) is 0. The van der Waals surface area contributed by atoms with Crippen LogP contribution in [0.4, 0.5) is 0 Å². The van der Waals surface area contributed by atoms with Crippen LogP contribution in [0.1, 0.15) is 17.5 Å². The van der Waals surface area contributed by atoms with E-state index in [0.29, 0.717) is 6.54 Å². The third kappa shape index (κ3) is 1.94. The Morgan fingerprint density at radius 3 is 2.81 bits per heavy atom. The van der Waals surface area contributed by atoms with Crippen LogP contribution in [-0.2, 0) is 12.8 Å². The van der Waals surface area contributed by atoms with Crippen LogP contribution < -0.4 is 5.32 Å². The number of hydrogen-bond donors (Lipinski definition) is 1. The van der Waals surface area contributed by atoms with Gasteiger partial charge in [0.1, 0.15) is 5.54 Å². The Labute approximate surface area is 96.3 Å². The Morgan fingerprint density at radius 1 is 1.38 bits per heavy atom. The molecule has 1 N–H and O–H groups in total. The highest BCUT2D eigenvalue weighted by molar-refractivity contribution is 5.35. The van der Waals surface area contributed by atoms with Gasteiger partial charge >= 0.3 is 0 Å². The SMILES string of the molecule is C#CCNC1(C#N)CCc2ccccc2C1. The fourth-order valence-corrected chi connectivity index (χ4v) is 2.24. The molecule has 2 rings (SSSR count). The first-order valence-corrected chi connectivity index (χ1v) is 5.46. The summed E-state index contributed by atoms with van der Waals surface area (Å²) < 4.78 is 0. The largest absolute Gasteiger partial charge is 0.288 e. The van der Waals surface area contributed by atoms with Crippen LogP contribution in [0.15, 0.2) is 24.3 Å². The minimum atomic E-state index is -0.472. The molecule has 0 saturated carbocycles. The molecule has 0 aromatic heterocycles. The molecule has 1 unspecified atom stereocenters. The van der Waals surface area contributed by atoms with Gasteiger partial charge in [-0.3, -0.25) is 5.32 Å². The fourth-order valence-electron chi connectivity index (χ4n) is 2.24. The van der Waals surface area contributed by atoms with Crippen LogP contribution in [0.2, 0.25) is 0 Å². The van der Waals surface area contributed by atoms with Crippen LogP contribution in [0.3, 0.4) is 0 Å². The lowest BCUT2D eigenvalue weighted by Crippen LogP contribution is -2.48. The molecule has 2 heteroatoms. The Balaban J connectivity index is 2.23. The number of terminal acetylenes is 1. The number of hydrogen-bond acceptors (Lipinski definition) is 2. The van der Waals surface area contributed by atoms with Crippen molar-refractivity contribution in [2.75, 3.05) is 6.54 Å². The van der Waals surface area contributed by atoms with Gasteiger partial charge in [0.2, 0.25) is 0 Å². The van der Waals surface area contributed by atoms with E-state index in [2.05, 4.69) is 29.4 Å². The number of nitrogens with zero attached hydrogens (tertiary/aromatic N) is 1. The lowest BCUT2D eigenvalue weighted by Gasteiger charge is -2.32. The van der Waals surface area contributed by atoms with E-state index >= 15 is 0 Å². The predicted molar refractivity (Wildman–Crippen MR) is 63.6 cm³/mol. The summed E-state index contributed by atoms with van der Waals surface area (Å²) in [5, 5.41) is 12.5. The maximum atomic E-state index is 9.31. The molecule has 1 aliphatic carbocycles. The van der Waals surface area contributed by atoms with Gasteiger partial charge in [0.15, 0.2) is 0 Å². The van der Waals surface area contributed by atoms with Crippen molar-refractivity contribution >= 4 is 0 Å². The molecule has 1 atom stereocenters. The summed E-state index contributed by atoms with van der Waals surface area (Å²) in [6.07, 6.45) is 7.76. The number of aryl methyl sites for hydroxylation is 1. The molecule has 0 fully saturated rings. The molecule has 0 heterocycles. The number of nitriles is 1. The number of benzene rings is 1. The smallest absolute Gasteiger partial charge is 0.111 e. The van der Waals surface area contributed by atoms with E-state index in [1.54, 1.807) is 0 Å². The predicted octanol–water partition coefficient (Wildman–Crippen LogP) is 1.66. The summed E-state index contributed by atoms with van der Waals surface area (Å²) in [6, 6.07) is 10.7. The highest BCUT2D eigenvalue weighted by Gasteiger charge is 2.33. The molecule has 0 amide bonds. The first-order chi connectivity index (χ1) is 7.79. The third-order valence-electron chi connectivity index (χ3n) is 3.17. The molecule has 1 aliphatic rings. The topological polar surface area (TPSA) is 35.8 Å². The molecule has 80 valence electrons. The Morgan fingerprint density at radius 2 is 2.12 bits per heavy atom. The van der Waals surface area contributed by atoms with Gasteiger partial charge < -0.3 is 0 Å². The van der Waals surface area contributed by atoms with E-state index in [4.69, 9.17) is 6.42 Å². The quantitative estimate of drug-likeness (QED) is 0.754. The number of fused-ring (bicyclic) bond motifs is 1. The average molecular weight is 210 g/mol. The molecular weight excluding hydrogens is 196 g/mol. The number of rotatable bonds is 2. The zero-order valence-corrected chi connectivity index (χ0v) is 9.16. The third-order valence-corrected chi connectivity index (χ3v) is 3.17. The Hall–Kier alpha value is -1.77. The molecule has 0 saturated heterocycles. The van der Waals surface area contributed by atoms with Gasteiger partial charge in [-0.2, -0.15) is 5.26 Å². The monoisotopic (exact) mass is 210 g/mol. The van der Waals surface area contributed by atoms with E-state index in [-0.39, 0.29) is 0 Å². The van der Waals surface area contributed by atoms with Gasteiger partial charge in [0.05, 0.1) is 12.6 Å². The lowest BCUT2D eigenvalue weighted by molar-refractivity contribution is 0.383. The van der Waals surface area contributed by atoms with Crippen LogP contribution in [0.5, 0.6) is 0 Å². The molecule has 0 radical (unpaired) electrons. The maximum Gasteiger partial charge on any atom is 0.111 e. The highest BCUT2D eigenvalue weighted by Crippen LogP contribution is 2.28. The molecule has 1 aromatic rings. The van der Waals surface area contributed by atoms with Gasteiger partial charge in [0, 0.05) is 6.42 Å². The minimum absolute atomic E-state index is 0.454. The lowest BCUT2D eigenvalue weighted by atomic mass is 9.79. The standard InChI is InChI=1S/C14H14N2/c1-2-9-16-14(11-15)8-7-12-5-3-4-6-13(12)10-14/h1,3-6,16H,7-10H2. The zero-order valence-electron chi connectivity index (χ0n) is 9.16. The van der Waals surface area contributed by atoms with E-state index in [1.165, 1.54) is 11.1 Å². The summed E-state index contributed by atoms with van der Waals surface area (Å²) in [5.74, 6) is 2.54. The zero-order chi connectivity index (χ0) is 11.4. The molecule has 0 bridgehead atoms. The van der Waals surface area contributed by atoms with Gasteiger partial charge in [-0.1, -0.05) is 30.2 Å². The van der Waals surface area contributed by atoms with Crippen molar-refractivity contribution in [2.24, 2.45) is 0 Å². The second kappa shape index (κ2) is 4.39. The fraction of sp³-hybridized carbons (Fsp3) is 0.357. The maximum absolute atomic E-state index is 9.31. The van der Waals surface area contributed by atoms with Gasteiger partial charge in [0.25, 0.3) is 0 Å². The number of nitrogens with one attached hydrogen (secondary N) is 1. The minimum Gasteiger partial charge on any atom is -0.288 e. The van der Waals surface area contributed by atoms with Crippen molar-refractivity contribution in [3.8, 4) is 18.4 Å².